The average molecular weight is 404 g/mol. The van der Waals surface area contributed by atoms with Gasteiger partial charge in [0.1, 0.15) is 23.3 Å². The molecule has 0 saturated heterocycles. The summed E-state index contributed by atoms with van der Waals surface area (Å²) < 4.78 is 21.8. The average Bonchev–Trinajstić information content (AvgIpc) is 2.74. The van der Waals surface area contributed by atoms with Gasteiger partial charge in [0.05, 0.1) is 11.5 Å². The van der Waals surface area contributed by atoms with Crippen molar-refractivity contribution < 1.29 is 23.4 Å². The summed E-state index contributed by atoms with van der Waals surface area (Å²) in [6.45, 7) is 3.30. The Hall–Kier alpha value is -3.80. The Kier molecular flexibility index (Phi) is 5.39. The Morgan fingerprint density at radius 2 is 1.73 bits per heavy atom. The second-order valence-corrected chi connectivity index (χ2v) is 7.03. The summed E-state index contributed by atoms with van der Waals surface area (Å²) >= 11 is 0. The van der Waals surface area contributed by atoms with E-state index in [-0.39, 0.29) is 23.9 Å². The van der Waals surface area contributed by atoms with Gasteiger partial charge in [0, 0.05) is 6.07 Å². The van der Waals surface area contributed by atoms with Crippen LogP contribution >= 0.6 is 0 Å². The van der Waals surface area contributed by atoms with Crippen molar-refractivity contribution in [3.8, 4) is 17.2 Å². The minimum absolute atomic E-state index is 0.0898. The van der Waals surface area contributed by atoms with Crippen molar-refractivity contribution >= 4 is 27.7 Å². The highest BCUT2D eigenvalue weighted by atomic mass is 16.6. The number of esters is 1. The van der Waals surface area contributed by atoms with E-state index in [4.69, 9.17) is 18.6 Å². The van der Waals surface area contributed by atoms with Crippen molar-refractivity contribution in [3.05, 3.63) is 77.2 Å². The maximum absolute atomic E-state index is 12.8. The molecule has 0 unspecified atom stereocenters. The van der Waals surface area contributed by atoms with E-state index >= 15 is 0 Å². The van der Waals surface area contributed by atoms with Crippen LogP contribution in [0.2, 0.25) is 0 Å². The van der Waals surface area contributed by atoms with E-state index in [1.807, 2.05) is 36.4 Å². The van der Waals surface area contributed by atoms with E-state index in [9.17, 15) is 9.59 Å². The van der Waals surface area contributed by atoms with Crippen LogP contribution in [0, 0.1) is 0 Å². The quantitative estimate of drug-likeness (QED) is 0.418. The number of hydrogen-bond acceptors (Lipinski definition) is 6. The van der Waals surface area contributed by atoms with Crippen LogP contribution < -0.4 is 14.9 Å². The van der Waals surface area contributed by atoms with Crippen molar-refractivity contribution in [2.45, 2.75) is 20.0 Å². The molecular formula is C24H20O6. The van der Waals surface area contributed by atoms with E-state index < -0.39 is 5.97 Å². The Balaban J connectivity index is 1.54. The van der Waals surface area contributed by atoms with Gasteiger partial charge in [-0.15, -0.1) is 0 Å². The molecular weight excluding hydrogens is 384 g/mol. The molecule has 0 saturated carbocycles. The second kappa shape index (κ2) is 8.29. The zero-order chi connectivity index (χ0) is 21.1. The van der Waals surface area contributed by atoms with Crippen LogP contribution in [0.15, 0.2) is 76.1 Å². The topological polar surface area (TPSA) is 75.0 Å². The Morgan fingerprint density at radius 1 is 0.967 bits per heavy atom. The lowest BCUT2D eigenvalue weighted by atomic mass is 10.1. The van der Waals surface area contributed by atoms with Crippen molar-refractivity contribution in [2.75, 3.05) is 6.61 Å². The molecule has 6 nitrogen and oxygen atoms in total. The third-order valence-corrected chi connectivity index (χ3v) is 4.39. The van der Waals surface area contributed by atoms with Crippen molar-refractivity contribution in [1.29, 1.82) is 0 Å². The molecule has 0 radical (unpaired) electrons. The highest BCUT2D eigenvalue weighted by Gasteiger charge is 2.12. The predicted octanol–water partition coefficient (Wildman–Crippen LogP) is 5.07. The third kappa shape index (κ3) is 4.27. The zero-order valence-corrected chi connectivity index (χ0v) is 16.6. The summed E-state index contributed by atoms with van der Waals surface area (Å²) in [5, 5.41) is 2.45. The number of hydrogen-bond donors (Lipinski definition) is 0. The van der Waals surface area contributed by atoms with E-state index in [2.05, 4.69) is 0 Å². The molecule has 4 rings (SSSR count). The molecule has 0 aliphatic heterocycles. The van der Waals surface area contributed by atoms with Gasteiger partial charge in [-0.05, 0) is 48.9 Å². The van der Waals surface area contributed by atoms with Gasteiger partial charge in [-0.1, -0.05) is 30.3 Å². The van der Waals surface area contributed by atoms with Crippen LogP contribution in [-0.2, 0) is 9.53 Å². The molecule has 1 heterocycles. The first-order valence-corrected chi connectivity index (χ1v) is 9.54. The summed E-state index contributed by atoms with van der Waals surface area (Å²) in [6.07, 6.45) is 1.06. The molecule has 0 atom stereocenters. The van der Waals surface area contributed by atoms with E-state index in [1.54, 1.807) is 38.1 Å². The number of benzene rings is 3. The maximum Gasteiger partial charge on any atom is 0.344 e. The van der Waals surface area contributed by atoms with E-state index in [0.29, 0.717) is 22.5 Å². The molecule has 152 valence electrons. The number of fused-ring (bicyclic) bond motifs is 2. The van der Waals surface area contributed by atoms with Crippen LogP contribution in [0.5, 0.6) is 17.2 Å². The minimum Gasteiger partial charge on any atom is -0.482 e. The smallest absolute Gasteiger partial charge is 0.344 e. The third-order valence-electron chi connectivity index (χ3n) is 4.39. The fourth-order valence-corrected chi connectivity index (χ4v) is 3.05. The first-order chi connectivity index (χ1) is 14.5. The van der Waals surface area contributed by atoms with Gasteiger partial charge in [-0.3, -0.25) is 4.79 Å². The zero-order valence-electron chi connectivity index (χ0n) is 16.6. The highest BCUT2D eigenvalue weighted by molar-refractivity contribution is 5.84. The molecule has 0 fully saturated rings. The summed E-state index contributed by atoms with van der Waals surface area (Å²) in [5.41, 5.74) is 0.0377. The molecule has 1 aromatic heterocycles. The number of carbonyl (C=O) groups is 1. The number of rotatable bonds is 6. The molecule has 0 aliphatic carbocycles. The first kappa shape index (κ1) is 19.5. The molecule has 0 amide bonds. The lowest BCUT2D eigenvalue weighted by Crippen LogP contribution is -2.18. The van der Waals surface area contributed by atoms with Crippen LogP contribution in [0.3, 0.4) is 0 Å². The predicted molar refractivity (Wildman–Crippen MR) is 113 cm³/mol. The summed E-state index contributed by atoms with van der Waals surface area (Å²) in [7, 11) is 0. The largest absolute Gasteiger partial charge is 0.482 e. The van der Waals surface area contributed by atoms with Crippen LogP contribution in [0.4, 0.5) is 0 Å². The number of ether oxygens (including phenoxy) is 3. The van der Waals surface area contributed by atoms with Crippen molar-refractivity contribution in [2.24, 2.45) is 0 Å². The van der Waals surface area contributed by atoms with Gasteiger partial charge >= 0.3 is 5.97 Å². The number of carbonyl (C=O) groups excluding carboxylic acids is 1. The SMILES string of the molecule is CC(C)OC(=O)COc1ccc2c(=O)c(Oc3ccc4ccccc4c3)coc2c1. The summed E-state index contributed by atoms with van der Waals surface area (Å²) in [4.78, 5) is 24.4. The van der Waals surface area contributed by atoms with E-state index in [0.717, 1.165) is 10.8 Å². The molecule has 0 bridgehead atoms. The first-order valence-electron chi connectivity index (χ1n) is 9.54. The fourth-order valence-electron chi connectivity index (χ4n) is 3.05. The minimum atomic E-state index is -0.467. The van der Waals surface area contributed by atoms with Gasteiger partial charge in [0.2, 0.25) is 11.2 Å². The fraction of sp³-hybridized carbons (Fsp3) is 0.167. The molecule has 3 aromatic carbocycles. The maximum atomic E-state index is 12.8. The Labute approximate surface area is 172 Å². The highest BCUT2D eigenvalue weighted by Crippen LogP contribution is 2.26. The molecule has 6 heteroatoms. The van der Waals surface area contributed by atoms with Gasteiger partial charge in [-0.2, -0.15) is 0 Å². The second-order valence-electron chi connectivity index (χ2n) is 7.03. The Bertz CT molecular complexity index is 1270. The van der Waals surface area contributed by atoms with Crippen LogP contribution in [0.25, 0.3) is 21.7 Å². The standard InChI is InChI=1S/C24H20O6/c1-15(2)29-23(25)14-27-18-9-10-20-21(12-18)28-13-22(24(20)26)30-19-8-7-16-5-3-4-6-17(16)11-19/h3-13,15H,14H2,1-2H3. The monoisotopic (exact) mass is 404 g/mol. The van der Waals surface area contributed by atoms with Crippen LogP contribution in [0.1, 0.15) is 13.8 Å². The summed E-state index contributed by atoms with van der Waals surface area (Å²) in [5.74, 6) is 0.566. The lowest BCUT2D eigenvalue weighted by molar-refractivity contribution is -0.149. The van der Waals surface area contributed by atoms with Crippen molar-refractivity contribution in [1.82, 2.24) is 0 Å². The molecule has 0 aliphatic rings. The van der Waals surface area contributed by atoms with Gasteiger partial charge < -0.3 is 18.6 Å². The van der Waals surface area contributed by atoms with Crippen LogP contribution in [-0.4, -0.2) is 18.7 Å². The van der Waals surface area contributed by atoms with Gasteiger partial charge in [-0.25, -0.2) is 4.79 Å². The molecule has 30 heavy (non-hydrogen) atoms. The molecule has 0 spiro atoms. The normalized spacial score (nSPS) is 11.0. The molecule has 0 N–H and O–H groups in total. The lowest BCUT2D eigenvalue weighted by Gasteiger charge is -2.10. The van der Waals surface area contributed by atoms with Gasteiger partial charge in [0.25, 0.3) is 0 Å². The Morgan fingerprint density at radius 3 is 2.53 bits per heavy atom. The van der Waals surface area contributed by atoms with E-state index in [1.165, 1.54) is 6.26 Å². The van der Waals surface area contributed by atoms with Crippen molar-refractivity contribution in [3.63, 3.8) is 0 Å². The van der Waals surface area contributed by atoms with Gasteiger partial charge in [0.15, 0.2) is 6.61 Å². The summed E-state index contributed by atoms with van der Waals surface area (Å²) in [6, 6.07) is 18.2. The molecule has 4 aromatic rings.